The third kappa shape index (κ3) is 3.90. The number of aromatic nitrogens is 3. The summed E-state index contributed by atoms with van der Waals surface area (Å²) in [5.74, 6) is 1.20. The van der Waals surface area contributed by atoms with Gasteiger partial charge in [-0.1, -0.05) is 0 Å². The zero-order valence-corrected chi connectivity index (χ0v) is 19.5. The van der Waals surface area contributed by atoms with Crippen molar-refractivity contribution >= 4 is 5.91 Å². The Morgan fingerprint density at radius 2 is 2.14 bits per heavy atom. The topological polar surface area (TPSA) is 105 Å². The van der Waals surface area contributed by atoms with E-state index < -0.39 is 0 Å². The average molecular weight is 471 g/mol. The van der Waals surface area contributed by atoms with Crippen LogP contribution in [0.3, 0.4) is 0 Å². The van der Waals surface area contributed by atoms with Crippen molar-refractivity contribution < 1.29 is 14.3 Å². The molecule has 178 valence electrons. The number of nitriles is 1. The number of benzene rings is 1. The Labute approximate surface area is 203 Å². The summed E-state index contributed by atoms with van der Waals surface area (Å²) < 4.78 is 13.1. The number of ether oxygens (including phenoxy) is 2. The lowest BCUT2D eigenvalue weighted by atomic mass is 10.0. The molecule has 0 spiro atoms. The van der Waals surface area contributed by atoms with Gasteiger partial charge in [-0.3, -0.25) is 14.4 Å². The second kappa shape index (κ2) is 8.40. The van der Waals surface area contributed by atoms with Gasteiger partial charge in [-0.2, -0.15) is 10.4 Å². The van der Waals surface area contributed by atoms with Crippen LogP contribution >= 0.6 is 0 Å². The zero-order chi connectivity index (χ0) is 24.0. The van der Waals surface area contributed by atoms with Crippen molar-refractivity contribution in [3.05, 3.63) is 70.7 Å². The van der Waals surface area contributed by atoms with E-state index in [0.717, 1.165) is 49.5 Å². The third-order valence-electron chi connectivity index (χ3n) is 7.27. The van der Waals surface area contributed by atoms with Crippen LogP contribution in [0.15, 0.2) is 42.6 Å². The maximum Gasteiger partial charge on any atom is 0.272 e. The van der Waals surface area contributed by atoms with Gasteiger partial charge in [0.15, 0.2) is 5.69 Å². The van der Waals surface area contributed by atoms with E-state index >= 15 is 0 Å². The van der Waals surface area contributed by atoms with Crippen molar-refractivity contribution in [1.29, 1.82) is 5.26 Å². The zero-order valence-electron chi connectivity index (χ0n) is 19.5. The molecule has 1 amide bonds. The lowest BCUT2D eigenvalue weighted by Crippen LogP contribution is -2.43. The molecule has 1 aliphatic carbocycles. The molecule has 3 aliphatic rings. The van der Waals surface area contributed by atoms with Crippen LogP contribution in [-0.4, -0.2) is 51.9 Å². The summed E-state index contributed by atoms with van der Waals surface area (Å²) in [5, 5.41) is 16.8. The highest BCUT2D eigenvalue weighted by Crippen LogP contribution is 2.52. The van der Waals surface area contributed by atoms with Gasteiger partial charge < -0.3 is 14.8 Å². The van der Waals surface area contributed by atoms with Gasteiger partial charge in [0.25, 0.3) is 5.91 Å². The van der Waals surface area contributed by atoms with Gasteiger partial charge in [0.2, 0.25) is 5.88 Å². The molecule has 4 heterocycles. The number of carbonyl (C=O) groups excluding carboxylic acids is 1. The number of methoxy groups -OCH3 is 1. The summed E-state index contributed by atoms with van der Waals surface area (Å²) >= 11 is 0. The predicted octanol–water partition coefficient (Wildman–Crippen LogP) is 2.40. The predicted molar refractivity (Wildman–Crippen MR) is 126 cm³/mol. The van der Waals surface area contributed by atoms with E-state index in [1.165, 1.54) is 5.56 Å². The molecule has 9 nitrogen and oxygen atoms in total. The minimum absolute atomic E-state index is 0.00324. The Hall–Kier alpha value is -3.90. The number of carbonyl (C=O) groups is 1. The van der Waals surface area contributed by atoms with Crippen molar-refractivity contribution in [3.8, 4) is 17.7 Å². The summed E-state index contributed by atoms with van der Waals surface area (Å²) in [7, 11) is 1.64. The van der Waals surface area contributed by atoms with E-state index in [0.29, 0.717) is 30.2 Å². The molecule has 2 aliphatic heterocycles. The number of nitrogens with zero attached hydrogens (tertiary/aromatic N) is 5. The van der Waals surface area contributed by atoms with Crippen LogP contribution in [0.25, 0.3) is 0 Å². The summed E-state index contributed by atoms with van der Waals surface area (Å²) in [6.07, 6.45) is 4.62. The molecule has 0 saturated heterocycles. The lowest BCUT2D eigenvalue weighted by molar-refractivity contribution is 0.0908. The molecule has 35 heavy (non-hydrogen) atoms. The lowest BCUT2D eigenvalue weighted by Gasteiger charge is -2.35. The Bertz CT molecular complexity index is 1340. The normalized spacial score (nSPS) is 20.1. The first-order chi connectivity index (χ1) is 17.1. The largest absolute Gasteiger partial charge is 0.491 e. The SMILES string of the molecule is COc1cc(C2(N3CCn4nc(C(=O)NC5COc6ccc(C#N)cc6C5)cc4C3)CC2)ccn1. The van der Waals surface area contributed by atoms with E-state index in [9.17, 15) is 4.79 Å². The van der Waals surface area contributed by atoms with Gasteiger partial charge in [-0.25, -0.2) is 4.98 Å². The van der Waals surface area contributed by atoms with Gasteiger partial charge in [-0.05, 0) is 60.7 Å². The van der Waals surface area contributed by atoms with Crippen molar-refractivity contribution in [3.63, 3.8) is 0 Å². The Balaban J connectivity index is 1.14. The molecule has 1 aromatic carbocycles. The summed E-state index contributed by atoms with van der Waals surface area (Å²) in [5.41, 5.74) is 4.22. The highest BCUT2D eigenvalue weighted by atomic mass is 16.5. The molecule has 2 aromatic heterocycles. The second-order valence-corrected chi connectivity index (χ2v) is 9.40. The highest BCUT2D eigenvalue weighted by molar-refractivity contribution is 5.92. The van der Waals surface area contributed by atoms with Crippen LogP contribution in [-0.2, 0) is 25.0 Å². The van der Waals surface area contributed by atoms with E-state index in [1.54, 1.807) is 19.4 Å². The molecule has 0 radical (unpaired) electrons. The Kier molecular flexibility index (Phi) is 5.19. The molecular weight excluding hydrogens is 444 g/mol. The van der Waals surface area contributed by atoms with Crippen LogP contribution in [0, 0.1) is 11.3 Å². The summed E-state index contributed by atoms with van der Waals surface area (Å²) in [6, 6.07) is 13.4. The van der Waals surface area contributed by atoms with E-state index in [2.05, 4.69) is 32.4 Å². The number of rotatable bonds is 5. The molecule has 1 fully saturated rings. The number of amides is 1. The first-order valence-corrected chi connectivity index (χ1v) is 11.9. The van der Waals surface area contributed by atoms with Crippen LogP contribution in [0.4, 0.5) is 0 Å². The van der Waals surface area contributed by atoms with Gasteiger partial charge in [0, 0.05) is 30.9 Å². The minimum Gasteiger partial charge on any atom is -0.491 e. The van der Waals surface area contributed by atoms with Crippen LogP contribution in [0.1, 0.15) is 45.7 Å². The Morgan fingerprint density at radius 1 is 1.26 bits per heavy atom. The van der Waals surface area contributed by atoms with Gasteiger partial charge in [0.1, 0.15) is 12.4 Å². The van der Waals surface area contributed by atoms with Crippen LogP contribution in [0.2, 0.25) is 0 Å². The number of pyridine rings is 1. The van der Waals surface area contributed by atoms with E-state index in [-0.39, 0.29) is 17.5 Å². The molecule has 0 bridgehead atoms. The fourth-order valence-electron chi connectivity index (χ4n) is 5.28. The number of nitrogens with one attached hydrogen (secondary N) is 1. The van der Waals surface area contributed by atoms with Crippen molar-refractivity contribution in [1.82, 2.24) is 25.0 Å². The maximum atomic E-state index is 13.0. The van der Waals surface area contributed by atoms with Crippen LogP contribution < -0.4 is 14.8 Å². The van der Waals surface area contributed by atoms with E-state index in [1.807, 2.05) is 28.9 Å². The first kappa shape index (κ1) is 21.6. The fraction of sp³-hybridized carbons (Fsp3) is 0.385. The van der Waals surface area contributed by atoms with Crippen molar-refractivity contribution in [2.45, 2.75) is 43.9 Å². The molecular formula is C26H26N6O3. The highest BCUT2D eigenvalue weighted by Gasteiger charge is 2.50. The third-order valence-corrected chi connectivity index (χ3v) is 7.27. The van der Waals surface area contributed by atoms with E-state index in [4.69, 9.17) is 14.7 Å². The fourth-order valence-corrected chi connectivity index (χ4v) is 5.28. The summed E-state index contributed by atoms with van der Waals surface area (Å²) in [6.45, 7) is 2.74. The molecule has 1 N–H and O–H groups in total. The van der Waals surface area contributed by atoms with Gasteiger partial charge >= 0.3 is 0 Å². The average Bonchev–Trinajstić information content (AvgIpc) is 3.60. The Morgan fingerprint density at radius 3 is 2.94 bits per heavy atom. The molecule has 9 heteroatoms. The monoisotopic (exact) mass is 470 g/mol. The standard InChI is InChI=1S/C26H26N6O3/c1-34-24-12-19(4-7-28-24)26(5-6-26)31-8-9-32-21(15-31)13-22(30-32)25(33)29-20-11-18-10-17(14-27)2-3-23(18)35-16-20/h2-4,7,10,12-13,20H,5-6,8-9,11,15-16H2,1H3,(H,29,33). The quantitative estimate of drug-likeness (QED) is 0.610. The smallest absolute Gasteiger partial charge is 0.272 e. The van der Waals surface area contributed by atoms with Crippen molar-refractivity contribution in [2.24, 2.45) is 0 Å². The number of fused-ring (bicyclic) bond motifs is 2. The molecule has 1 atom stereocenters. The molecule has 6 rings (SSSR count). The molecule has 1 saturated carbocycles. The number of hydrogen-bond acceptors (Lipinski definition) is 7. The number of hydrogen-bond donors (Lipinski definition) is 1. The first-order valence-electron chi connectivity index (χ1n) is 11.9. The summed E-state index contributed by atoms with van der Waals surface area (Å²) in [4.78, 5) is 19.8. The van der Waals surface area contributed by atoms with Gasteiger partial charge in [-0.15, -0.1) is 0 Å². The van der Waals surface area contributed by atoms with Gasteiger partial charge in [0.05, 0.1) is 37.0 Å². The minimum atomic E-state index is -0.202. The van der Waals surface area contributed by atoms with Crippen LogP contribution in [0.5, 0.6) is 11.6 Å². The molecule has 3 aromatic rings. The maximum absolute atomic E-state index is 13.0. The molecule has 1 unspecified atom stereocenters. The van der Waals surface area contributed by atoms with Crippen molar-refractivity contribution in [2.75, 3.05) is 20.3 Å². The second-order valence-electron chi connectivity index (χ2n) is 9.40.